The quantitative estimate of drug-likeness (QED) is 0.866. The molecule has 3 N–H and O–H groups in total. The van der Waals surface area contributed by atoms with Gasteiger partial charge in [0.1, 0.15) is 0 Å². The molecule has 2 unspecified atom stereocenters. The molecular weight excluding hydrogens is 264 g/mol. The average molecular weight is 286 g/mol. The lowest BCUT2D eigenvalue weighted by molar-refractivity contribution is 0.219. The van der Waals surface area contributed by atoms with Crippen molar-refractivity contribution in [2.24, 2.45) is 11.7 Å². The second-order valence-corrected chi connectivity index (χ2v) is 7.24. The molecule has 0 radical (unpaired) electrons. The molecule has 2 rings (SSSR count). The maximum Gasteiger partial charge on any atom is 0.262 e. The molecule has 0 amide bonds. The maximum atomic E-state index is 12.7. The van der Waals surface area contributed by atoms with Crippen LogP contribution in [-0.4, -0.2) is 35.5 Å². The molecule has 0 aliphatic carbocycles. The van der Waals surface area contributed by atoms with E-state index in [1.54, 1.807) is 11.2 Å². The number of aromatic amines is 1. The highest BCUT2D eigenvalue weighted by molar-refractivity contribution is 7.89. The fourth-order valence-electron chi connectivity index (χ4n) is 2.74. The number of aryl methyl sites for hydroxylation is 1. The molecule has 0 bridgehead atoms. The number of hydrogen-bond donors (Lipinski definition) is 2. The van der Waals surface area contributed by atoms with Crippen LogP contribution in [0.4, 0.5) is 0 Å². The molecule has 7 heteroatoms. The normalized spacial score (nSPS) is 25.7. The third-order valence-electron chi connectivity index (χ3n) is 3.87. The van der Waals surface area contributed by atoms with Gasteiger partial charge in [0.25, 0.3) is 10.0 Å². The van der Waals surface area contributed by atoms with Crippen LogP contribution in [0.15, 0.2) is 5.03 Å². The van der Waals surface area contributed by atoms with Gasteiger partial charge < -0.3 is 5.73 Å². The van der Waals surface area contributed by atoms with Gasteiger partial charge in [-0.1, -0.05) is 6.92 Å². The van der Waals surface area contributed by atoms with Crippen LogP contribution in [0.5, 0.6) is 0 Å². The summed E-state index contributed by atoms with van der Waals surface area (Å²) in [5.41, 5.74) is 6.95. The van der Waals surface area contributed by atoms with E-state index in [2.05, 4.69) is 17.1 Å². The van der Waals surface area contributed by atoms with Crippen molar-refractivity contribution in [1.29, 1.82) is 0 Å². The molecule has 19 heavy (non-hydrogen) atoms. The summed E-state index contributed by atoms with van der Waals surface area (Å²) in [4.78, 5) is 0. The molecule has 2 atom stereocenters. The topological polar surface area (TPSA) is 92.1 Å². The Morgan fingerprint density at radius 1 is 1.47 bits per heavy atom. The van der Waals surface area contributed by atoms with E-state index in [0.717, 1.165) is 18.5 Å². The second kappa shape index (κ2) is 5.22. The number of H-pyrrole nitrogens is 1. The van der Waals surface area contributed by atoms with E-state index < -0.39 is 10.0 Å². The summed E-state index contributed by atoms with van der Waals surface area (Å²) < 4.78 is 26.9. The number of sulfonamides is 1. The number of rotatable bonds is 3. The molecule has 108 valence electrons. The van der Waals surface area contributed by atoms with Crippen molar-refractivity contribution in [3.63, 3.8) is 0 Å². The van der Waals surface area contributed by atoms with E-state index in [4.69, 9.17) is 5.73 Å². The highest BCUT2D eigenvalue weighted by Crippen LogP contribution is 2.29. The van der Waals surface area contributed by atoms with Crippen LogP contribution in [-0.2, 0) is 16.6 Å². The Balaban J connectivity index is 2.37. The van der Waals surface area contributed by atoms with Crippen LogP contribution < -0.4 is 5.73 Å². The minimum Gasteiger partial charge on any atom is -0.326 e. The van der Waals surface area contributed by atoms with Crippen LogP contribution in [0, 0.1) is 12.8 Å². The largest absolute Gasteiger partial charge is 0.326 e. The van der Waals surface area contributed by atoms with Gasteiger partial charge in [-0.25, -0.2) is 8.42 Å². The number of nitrogens with one attached hydrogen (secondary N) is 1. The van der Waals surface area contributed by atoms with E-state index in [-0.39, 0.29) is 17.6 Å². The fraction of sp³-hybridized carbons (Fsp3) is 0.750. The van der Waals surface area contributed by atoms with Crippen molar-refractivity contribution in [2.45, 2.75) is 51.2 Å². The molecule has 0 aromatic carbocycles. The van der Waals surface area contributed by atoms with Gasteiger partial charge in [-0.15, -0.1) is 0 Å². The van der Waals surface area contributed by atoms with Gasteiger partial charge in [-0.3, -0.25) is 5.10 Å². The molecule has 2 heterocycles. The molecule has 0 spiro atoms. The predicted molar refractivity (Wildman–Crippen MR) is 73.0 cm³/mol. The van der Waals surface area contributed by atoms with Crippen molar-refractivity contribution >= 4 is 10.0 Å². The molecule has 1 aromatic rings. The summed E-state index contributed by atoms with van der Waals surface area (Å²) >= 11 is 0. The van der Waals surface area contributed by atoms with Crippen molar-refractivity contribution < 1.29 is 8.42 Å². The number of nitrogens with zero attached hydrogens (tertiary/aromatic N) is 2. The summed E-state index contributed by atoms with van der Waals surface area (Å²) in [5, 5.41) is 6.76. The van der Waals surface area contributed by atoms with Gasteiger partial charge in [0.2, 0.25) is 0 Å². The lowest BCUT2D eigenvalue weighted by atomic mass is 9.95. The Morgan fingerprint density at radius 3 is 2.74 bits per heavy atom. The fourth-order valence-corrected chi connectivity index (χ4v) is 4.57. The first-order valence-electron chi connectivity index (χ1n) is 6.63. The van der Waals surface area contributed by atoms with Crippen LogP contribution in [0.3, 0.4) is 0 Å². The van der Waals surface area contributed by atoms with Gasteiger partial charge in [0.05, 0.1) is 0 Å². The summed E-state index contributed by atoms with van der Waals surface area (Å²) in [7, 11) is -3.55. The number of hydrogen-bond acceptors (Lipinski definition) is 4. The molecular formula is C12H22N4O2S. The van der Waals surface area contributed by atoms with Gasteiger partial charge >= 0.3 is 0 Å². The molecule has 1 aliphatic heterocycles. The average Bonchev–Trinajstić information content (AvgIpc) is 2.70. The zero-order valence-corrected chi connectivity index (χ0v) is 12.5. The minimum atomic E-state index is -3.55. The lowest BCUT2D eigenvalue weighted by Crippen LogP contribution is -2.44. The van der Waals surface area contributed by atoms with Crippen molar-refractivity contribution in [3.05, 3.63) is 11.3 Å². The predicted octanol–water partition coefficient (Wildman–Crippen LogP) is 0.986. The van der Waals surface area contributed by atoms with E-state index in [1.807, 2.05) is 6.92 Å². The SMILES string of the molecule is Cc1[nH]nc(S(=O)(=O)N2CCC(C)CC2C)c1CN. The Labute approximate surface area is 114 Å². The highest BCUT2D eigenvalue weighted by Gasteiger charge is 2.36. The standard InChI is InChI=1S/C12H22N4O2S/c1-8-4-5-16(9(2)6-8)19(17,18)12-11(7-13)10(3)14-15-12/h8-9H,4-7,13H2,1-3H3,(H,14,15). The van der Waals surface area contributed by atoms with E-state index in [0.29, 0.717) is 18.0 Å². The summed E-state index contributed by atoms with van der Waals surface area (Å²) in [5.74, 6) is 0.566. The molecule has 1 fully saturated rings. The Morgan fingerprint density at radius 2 is 2.16 bits per heavy atom. The van der Waals surface area contributed by atoms with Crippen LogP contribution in [0.25, 0.3) is 0 Å². The first-order chi connectivity index (χ1) is 8.87. The maximum absolute atomic E-state index is 12.7. The molecule has 1 aromatic heterocycles. The van der Waals surface area contributed by atoms with E-state index >= 15 is 0 Å². The van der Waals surface area contributed by atoms with Crippen LogP contribution in [0.2, 0.25) is 0 Å². The van der Waals surface area contributed by atoms with Gasteiger partial charge in [0.15, 0.2) is 5.03 Å². The Bertz CT molecular complexity index is 552. The first kappa shape index (κ1) is 14.5. The smallest absolute Gasteiger partial charge is 0.262 e. The van der Waals surface area contributed by atoms with Crippen molar-refractivity contribution in [1.82, 2.24) is 14.5 Å². The minimum absolute atomic E-state index is 0.0105. The van der Waals surface area contributed by atoms with Crippen LogP contribution in [0.1, 0.15) is 37.9 Å². The Hall–Kier alpha value is -0.920. The lowest BCUT2D eigenvalue weighted by Gasteiger charge is -2.35. The monoisotopic (exact) mass is 286 g/mol. The molecule has 1 aliphatic rings. The number of nitrogens with two attached hydrogens (primary N) is 1. The van der Waals surface area contributed by atoms with Crippen LogP contribution >= 0.6 is 0 Å². The summed E-state index contributed by atoms with van der Waals surface area (Å²) in [6.07, 6.45) is 1.78. The van der Waals surface area contributed by atoms with Crippen molar-refractivity contribution in [3.8, 4) is 0 Å². The number of piperidine rings is 1. The first-order valence-corrected chi connectivity index (χ1v) is 8.07. The molecule has 0 saturated carbocycles. The summed E-state index contributed by atoms with van der Waals surface area (Å²) in [6, 6.07) is 0.0105. The van der Waals surface area contributed by atoms with Gasteiger partial charge in [-0.2, -0.15) is 9.40 Å². The zero-order valence-electron chi connectivity index (χ0n) is 11.7. The van der Waals surface area contributed by atoms with E-state index in [1.165, 1.54) is 0 Å². The number of aromatic nitrogens is 2. The third-order valence-corrected chi connectivity index (χ3v) is 5.86. The molecule has 1 saturated heterocycles. The van der Waals surface area contributed by atoms with Crippen molar-refractivity contribution in [2.75, 3.05) is 6.54 Å². The Kier molecular flexibility index (Phi) is 3.98. The second-order valence-electron chi connectivity index (χ2n) is 5.43. The van der Waals surface area contributed by atoms with E-state index in [9.17, 15) is 8.42 Å². The zero-order chi connectivity index (χ0) is 14.2. The van der Waals surface area contributed by atoms with Gasteiger partial charge in [-0.05, 0) is 32.6 Å². The molecule has 6 nitrogen and oxygen atoms in total. The van der Waals surface area contributed by atoms with Gasteiger partial charge in [0, 0.05) is 30.4 Å². The highest BCUT2D eigenvalue weighted by atomic mass is 32.2. The summed E-state index contributed by atoms with van der Waals surface area (Å²) in [6.45, 7) is 6.63. The third kappa shape index (κ3) is 2.54.